The van der Waals surface area contributed by atoms with Gasteiger partial charge in [-0.05, 0) is 76.7 Å². The fourth-order valence-electron chi connectivity index (χ4n) is 7.16. The molecule has 0 atom stereocenters. The first-order chi connectivity index (χ1) is 29.1. The number of carbonyl (C=O) groups excluding carboxylic acids is 3. The van der Waals surface area contributed by atoms with Crippen LogP contribution in [0.4, 0.5) is 11.9 Å². The number of carbonyl (C=O) groups is 3. The Morgan fingerprint density at radius 2 is 1.50 bits per heavy atom. The van der Waals surface area contributed by atoms with Gasteiger partial charge in [0.25, 0.3) is 17.7 Å². The van der Waals surface area contributed by atoms with Crippen LogP contribution in [0.5, 0.6) is 5.75 Å². The summed E-state index contributed by atoms with van der Waals surface area (Å²) in [4.78, 5) is 60.2. The van der Waals surface area contributed by atoms with Crippen molar-refractivity contribution in [3.8, 4) is 5.75 Å². The van der Waals surface area contributed by atoms with Crippen LogP contribution in [0.1, 0.15) is 68.6 Å². The molecule has 7 rings (SSSR count). The third-order valence-corrected chi connectivity index (χ3v) is 10.1. The molecule has 1 saturated heterocycles. The first kappa shape index (κ1) is 41.6. The molecule has 0 spiro atoms. The van der Waals surface area contributed by atoms with Gasteiger partial charge in [0.1, 0.15) is 28.2 Å². The number of fused-ring (bicyclic) bond motifs is 2. The number of benzene rings is 1. The summed E-state index contributed by atoms with van der Waals surface area (Å²) in [5.74, 6) is -0.457. The monoisotopic (exact) mass is 819 g/mol. The van der Waals surface area contributed by atoms with Crippen molar-refractivity contribution in [1.29, 1.82) is 0 Å². The second-order valence-corrected chi connectivity index (χ2v) is 14.3. The maximum atomic E-state index is 13.8. The average molecular weight is 820 g/mol. The van der Waals surface area contributed by atoms with Gasteiger partial charge in [-0.2, -0.15) is 10.2 Å². The highest BCUT2D eigenvalue weighted by Crippen LogP contribution is 2.32. The fourth-order valence-corrected chi connectivity index (χ4v) is 7.16. The number of hydrogen-bond donors (Lipinski definition) is 3. The molecule has 6 aromatic rings. The molecule has 1 fully saturated rings. The smallest absolute Gasteiger partial charge is 0.276 e. The second-order valence-electron chi connectivity index (χ2n) is 14.3. The molecule has 6 heterocycles. The lowest BCUT2D eigenvalue weighted by molar-refractivity contribution is 0.0358. The lowest BCUT2D eigenvalue weighted by Crippen LogP contribution is -2.37. The van der Waals surface area contributed by atoms with Crippen molar-refractivity contribution in [2.24, 2.45) is 4.99 Å². The van der Waals surface area contributed by atoms with Crippen molar-refractivity contribution in [2.75, 3.05) is 50.1 Å². The van der Waals surface area contributed by atoms with Crippen LogP contribution in [-0.2, 0) is 37.5 Å². The Kier molecular flexibility index (Phi) is 12.9. The van der Waals surface area contributed by atoms with E-state index in [9.17, 15) is 19.5 Å². The van der Waals surface area contributed by atoms with Gasteiger partial charge in [-0.1, -0.05) is 12.2 Å². The molecule has 3 amide bonds. The van der Waals surface area contributed by atoms with Gasteiger partial charge in [-0.25, -0.2) is 19.9 Å². The number of aromatic nitrogens is 9. The summed E-state index contributed by atoms with van der Waals surface area (Å²) in [5.41, 5.74) is 4.94. The summed E-state index contributed by atoms with van der Waals surface area (Å²) in [6.45, 7) is 16.4. The molecule has 0 unspecified atom stereocenters. The fraction of sp³-hybridized carbons (Fsp3) is 0.390. The van der Waals surface area contributed by atoms with E-state index in [1.54, 1.807) is 50.5 Å². The molecule has 5 aromatic heterocycles. The van der Waals surface area contributed by atoms with Crippen molar-refractivity contribution >= 4 is 58.5 Å². The lowest BCUT2D eigenvalue weighted by Gasteiger charge is -2.26. The van der Waals surface area contributed by atoms with Crippen LogP contribution in [0, 0.1) is 13.8 Å². The highest BCUT2D eigenvalue weighted by molar-refractivity contribution is 6.05. The molecule has 314 valence electrons. The van der Waals surface area contributed by atoms with Crippen molar-refractivity contribution in [1.82, 2.24) is 48.5 Å². The number of allylic oxidation sites excluding steroid dienone is 2. The number of amides is 3. The summed E-state index contributed by atoms with van der Waals surface area (Å²) < 4.78 is 18.7. The van der Waals surface area contributed by atoms with E-state index in [0.29, 0.717) is 89.2 Å². The van der Waals surface area contributed by atoms with Crippen molar-refractivity contribution in [3.05, 3.63) is 82.6 Å². The zero-order valence-corrected chi connectivity index (χ0v) is 34.2. The van der Waals surface area contributed by atoms with Crippen LogP contribution in [-0.4, -0.2) is 118 Å². The third-order valence-electron chi connectivity index (χ3n) is 10.1. The van der Waals surface area contributed by atoms with Gasteiger partial charge < -0.3 is 19.1 Å². The number of aliphatic hydroxyl groups is 1. The summed E-state index contributed by atoms with van der Waals surface area (Å²) in [6.07, 6.45) is 6.06. The Bertz CT molecular complexity index is 2580. The van der Waals surface area contributed by atoms with E-state index in [2.05, 4.69) is 47.4 Å². The molecule has 0 bridgehead atoms. The van der Waals surface area contributed by atoms with Crippen LogP contribution < -0.4 is 15.4 Å². The van der Waals surface area contributed by atoms with E-state index in [1.165, 1.54) is 0 Å². The number of aliphatic hydroxyl groups excluding tert-OH is 1. The van der Waals surface area contributed by atoms with E-state index in [1.807, 2.05) is 44.4 Å². The summed E-state index contributed by atoms with van der Waals surface area (Å²) >= 11 is 0. The number of aliphatic imine (C=N–C) groups is 1. The van der Waals surface area contributed by atoms with Gasteiger partial charge in [0, 0.05) is 57.6 Å². The van der Waals surface area contributed by atoms with Crippen molar-refractivity contribution < 1.29 is 29.0 Å². The molecule has 19 heteroatoms. The summed E-state index contributed by atoms with van der Waals surface area (Å²) in [5, 5.41) is 24.5. The maximum absolute atomic E-state index is 13.8. The molecular weight excluding hydrogens is 771 g/mol. The SMILES string of the molecule is C=NC(=O)c1cc(OCCCN2CCOCC2)c2c(c1)nc(NC(=O)c1cc(C)nn1CC)n2C/C=C/Cn1c(NC(=O)c2cc(C)nn2CC)nc2cc(CO)cnc21. The van der Waals surface area contributed by atoms with Gasteiger partial charge in [0.05, 0.1) is 43.3 Å². The Balaban J connectivity index is 1.22. The van der Waals surface area contributed by atoms with Gasteiger partial charge >= 0.3 is 0 Å². The number of imidazole rings is 2. The predicted octanol–water partition coefficient (Wildman–Crippen LogP) is 4.03. The standard InChI is InChI=1S/C41H49N13O6/c1-6-53-32(19-26(3)48-53)38(57)46-40-44-30-22-29(37(56)42-5)23-34(60-16-10-11-50-14-17-59-18-15-50)35(30)51(40)12-8-9-13-52-36-31(21-28(25-55)24-43-36)45-41(52)47-39(58)33-20-27(4)49-54(33)7-2/h8-9,19-24,55H,5-7,10-18,25H2,1-4H3,(H,44,46,57)(H,45,47,58)/b9-8+. The second kappa shape index (κ2) is 18.6. The number of aryl methyl sites for hydroxylation is 4. The molecule has 1 aromatic carbocycles. The van der Waals surface area contributed by atoms with Crippen LogP contribution in [0.2, 0.25) is 0 Å². The van der Waals surface area contributed by atoms with Crippen molar-refractivity contribution in [3.63, 3.8) is 0 Å². The van der Waals surface area contributed by atoms with E-state index in [-0.39, 0.29) is 43.1 Å². The van der Waals surface area contributed by atoms with E-state index < -0.39 is 11.8 Å². The van der Waals surface area contributed by atoms with Crippen LogP contribution in [0.25, 0.3) is 22.2 Å². The molecule has 19 nitrogen and oxygen atoms in total. The number of pyridine rings is 1. The largest absolute Gasteiger partial charge is 0.491 e. The van der Waals surface area contributed by atoms with Gasteiger partial charge in [-0.3, -0.25) is 43.8 Å². The Morgan fingerprint density at radius 1 is 0.883 bits per heavy atom. The first-order valence-corrected chi connectivity index (χ1v) is 19.9. The molecule has 0 saturated carbocycles. The first-order valence-electron chi connectivity index (χ1n) is 19.9. The Morgan fingerprint density at radius 3 is 2.12 bits per heavy atom. The molecule has 60 heavy (non-hydrogen) atoms. The van der Waals surface area contributed by atoms with Gasteiger partial charge in [0.2, 0.25) is 11.9 Å². The minimum Gasteiger partial charge on any atom is -0.491 e. The predicted molar refractivity (Wildman–Crippen MR) is 225 cm³/mol. The average Bonchev–Trinajstić information content (AvgIpc) is 4.02. The molecular formula is C41H49N13O6. The summed E-state index contributed by atoms with van der Waals surface area (Å²) in [7, 11) is 0. The Labute approximate surface area is 345 Å². The third kappa shape index (κ3) is 9.02. The Hall–Kier alpha value is -6.57. The highest BCUT2D eigenvalue weighted by atomic mass is 16.5. The van der Waals surface area contributed by atoms with Crippen LogP contribution >= 0.6 is 0 Å². The van der Waals surface area contributed by atoms with Crippen molar-refractivity contribution in [2.45, 2.75) is 66.9 Å². The number of nitrogens with one attached hydrogen (secondary N) is 2. The van der Waals surface area contributed by atoms with Gasteiger partial charge in [-0.15, -0.1) is 0 Å². The van der Waals surface area contributed by atoms with Gasteiger partial charge in [0.15, 0.2) is 5.65 Å². The molecule has 0 radical (unpaired) electrons. The number of rotatable bonds is 17. The molecule has 0 aliphatic carbocycles. The topological polar surface area (TPSA) is 214 Å². The number of ether oxygens (including phenoxy) is 2. The lowest BCUT2D eigenvalue weighted by atomic mass is 10.1. The zero-order valence-electron chi connectivity index (χ0n) is 34.2. The minimum atomic E-state index is -0.540. The number of anilines is 2. The number of morpholine rings is 1. The van der Waals surface area contributed by atoms with Crippen LogP contribution in [0.15, 0.2) is 53.7 Å². The van der Waals surface area contributed by atoms with E-state index in [4.69, 9.17) is 14.5 Å². The van der Waals surface area contributed by atoms with E-state index in [0.717, 1.165) is 26.1 Å². The minimum absolute atomic E-state index is 0.209. The molecule has 1 aliphatic rings. The number of nitrogens with zero attached hydrogens (tertiary/aromatic N) is 11. The molecule has 3 N–H and O–H groups in total. The quantitative estimate of drug-likeness (QED) is 0.0676. The normalized spacial score (nSPS) is 13.4. The van der Waals surface area contributed by atoms with Crippen LogP contribution in [0.3, 0.4) is 0 Å². The highest BCUT2D eigenvalue weighted by Gasteiger charge is 2.23. The number of hydrogen-bond acceptors (Lipinski definition) is 12. The summed E-state index contributed by atoms with van der Waals surface area (Å²) in [6, 6.07) is 8.38. The maximum Gasteiger partial charge on any atom is 0.276 e. The van der Waals surface area contributed by atoms with E-state index >= 15 is 0 Å². The zero-order chi connectivity index (χ0) is 42.3. The molecule has 1 aliphatic heterocycles.